The number of aromatic nitrogens is 2. The van der Waals surface area contributed by atoms with Crippen molar-refractivity contribution in [3.63, 3.8) is 0 Å². The molecule has 23 heavy (non-hydrogen) atoms. The van der Waals surface area contributed by atoms with Crippen LogP contribution in [0.5, 0.6) is 0 Å². The lowest BCUT2D eigenvalue weighted by Gasteiger charge is -2.15. The van der Waals surface area contributed by atoms with E-state index in [-0.39, 0.29) is 29.1 Å². The molecule has 1 atom stereocenters. The van der Waals surface area contributed by atoms with E-state index >= 15 is 0 Å². The molecule has 0 N–H and O–H groups in total. The zero-order valence-electron chi connectivity index (χ0n) is 14.5. The smallest absolute Gasteiger partial charge is 0.330 e. The van der Waals surface area contributed by atoms with Gasteiger partial charge in [0.1, 0.15) is 25.0 Å². The van der Waals surface area contributed by atoms with Crippen molar-refractivity contribution >= 4 is 5.97 Å². The van der Waals surface area contributed by atoms with Crippen molar-refractivity contribution in [2.75, 3.05) is 0 Å². The molecular weight excluding hydrogens is 356 g/mol. The predicted molar refractivity (Wildman–Crippen MR) is 88.3 cm³/mol. The molecule has 1 rings (SSSR count). The lowest BCUT2D eigenvalue weighted by molar-refractivity contribution is -0.671. The summed E-state index contributed by atoms with van der Waals surface area (Å²) in [6, 6.07) is 0. The molecule has 0 aliphatic rings. The Labute approximate surface area is 151 Å². The fourth-order valence-corrected chi connectivity index (χ4v) is 2.57. The number of nitrogens with zero attached hydrogens (tertiary/aromatic N) is 2. The van der Waals surface area contributed by atoms with Gasteiger partial charge in [-0.05, 0) is 12.8 Å². The molecule has 0 aliphatic heterocycles. The van der Waals surface area contributed by atoms with E-state index in [9.17, 15) is 4.79 Å². The maximum Gasteiger partial charge on any atom is 0.330 e. The summed E-state index contributed by atoms with van der Waals surface area (Å²) in [7, 11) is 1.98. The summed E-state index contributed by atoms with van der Waals surface area (Å²) in [5, 5.41) is 0. The second-order valence-corrected chi connectivity index (χ2v) is 5.95. The first-order valence-electron chi connectivity index (χ1n) is 8.49. The monoisotopic (exact) mass is 386 g/mol. The minimum Gasteiger partial charge on any atom is -1.00 e. The molecule has 0 saturated carbocycles. The molecule has 0 amide bonds. The summed E-state index contributed by atoms with van der Waals surface area (Å²) >= 11 is 0. The van der Waals surface area contributed by atoms with Crippen LogP contribution in [0.3, 0.4) is 0 Å². The van der Waals surface area contributed by atoms with E-state index in [2.05, 4.69) is 18.1 Å². The molecule has 0 saturated heterocycles. The van der Waals surface area contributed by atoms with Crippen LogP contribution in [0.1, 0.15) is 58.3 Å². The molecule has 0 spiro atoms. The summed E-state index contributed by atoms with van der Waals surface area (Å²) < 4.78 is 9.51. The van der Waals surface area contributed by atoms with Crippen LogP contribution in [0, 0.1) is 0 Å². The first kappa shape index (κ1) is 21.9. The average molecular weight is 387 g/mol. The van der Waals surface area contributed by atoms with E-state index in [4.69, 9.17) is 4.74 Å². The topological polar surface area (TPSA) is 35.1 Å². The minimum atomic E-state index is -0.329. The van der Waals surface area contributed by atoms with Gasteiger partial charge in [-0.1, -0.05) is 52.0 Å². The Kier molecular flexibility index (Phi) is 12.7. The molecule has 0 bridgehead atoms. The van der Waals surface area contributed by atoms with Gasteiger partial charge < -0.3 is 21.7 Å². The number of esters is 1. The van der Waals surface area contributed by atoms with E-state index in [1.165, 1.54) is 44.6 Å². The first-order chi connectivity index (χ1) is 10.7. The van der Waals surface area contributed by atoms with Gasteiger partial charge in [0, 0.05) is 6.08 Å². The van der Waals surface area contributed by atoms with Crippen molar-refractivity contribution in [1.29, 1.82) is 0 Å². The van der Waals surface area contributed by atoms with Crippen LogP contribution in [0.15, 0.2) is 31.4 Å². The zero-order valence-corrected chi connectivity index (χ0v) is 16.1. The van der Waals surface area contributed by atoms with Gasteiger partial charge >= 0.3 is 5.97 Å². The van der Waals surface area contributed by atoms with Gasteiger partial charge in [0.25, 0.3) is 0 Å². The molecule has 0 aromatic carbocycles. The van der Waals surface area contributed by atoms with Crippen LogP contribution in [-0.2, 0) is 23.1 Å². The van der Waals surface area contributed by atoms with Gasteiger partial charge in [-0.25, -0.2) is 13.9 Å². The lowest BCUT2D eigenvalue weighted by atomic mass is 10.1. The van der Waals surface area contributed by atoms with Crippen LogP contribution in [0.2, 0.25) is 0 Å². The molecule has 1 heterocycles. The number of ether oxygens (including phenoxy) is 1. The van der Waals surface area contributed by atoms with Crippen molar-refractivity contribution in [1.82, 2.24) is 4.57 Å². The minimum absolute atomic E-state index is 0. The Morgan fingerprint density at radius 3 is 2.48 bits per heavy atom. The van der Waals surface area contributed by atoms with Crippen LogP contribution in [0.25, 0.3) is 0 Å². The zero-order chi connectivity index (χ0) is 16.2. The number of imidazole rings is 1. The van der Waals surface area contributed by atoms with Crippen molar-refractivity contribution in [2.24, 2.45) is 7.05 Å². The van der Waals surface area contributed by atoms with E-state index in [0.717, 1.165) is 12.8 Å². The van der Waals surface area contributed by atoms with Crippen molar-refractivity contribution in [2.45, 2.75) is 70.9 Å². The molecular formula is C18H31BrN2O2. The predicted octanol–water partition coefficient (Wildman–Crippen LogP) is 0.555. The number of carbonyl (C=O) groups excluding carboxylic acids is 1. The number of carbonyl (C=O) groups is 1. The summed E-state index contributed by atoms with van der Waals surface area (Å²) in [6.07, 6.45) is 16.9. The van der Waals surface area contributed by atoms with E-state index in [1.807, 2.05) is 30.3 Å². The fraction of sp³-hybridized carbons (Fsp3) is 0.667. The number of rotatable bonds is 12. The number of aryl methyl sites for hydroxylation is 1. The lowest BCUT2D eigenvalue weighted by Crippen LogP contribution is -3.00. The Morgan fingerprint density at radius 1 is 1.26 bits per heavy atom. The van der Waals surface area contributed by atoms with Crippen molar-refractivity contribution in [3.05, 3.63) is 31.4 Å². The number of halogens is 1. The third-order valence-corrected chi connectivity index (χ3v) is 3.82. The molecule has 4 nitrogen and oxygen atoms in total. The maximum atomic E-state index is 11.5. The van der Waals surface area contributed by atoms with Crippen LogP contribution < -0.4 is 21.5 Å². The third kappa shape index (κ3) is 10.3. The van der Waals surface area contributed by atoms with Gasteiger partial charge in [-0.2, -0.15) is 0 Å². The Bertz CT molecular complexity index is 446. The summed E-state index contributed by atoms with van der Waals surface area (Å²) in [4.78, 5) is 11.5. The normalized spacial score (nSPS) is 11.6. The van der Waals surface area contributed by atoms with Crippen molar-refractivity contribution < 1.29 is 31.1 Å². The van der Waals surface area contributed by atoms with Gasteiger partial charge in [0.2, 0.25) is 6.33 Å². The number of hydrogen-bond acceptors (Lipinski definition) is 2. The third-order valence-electron chi connectivity index (χ3n) is 3.82. The van der Waals surface area contributed by atoms with Gasteiger partial charge in [0.05, 0.1) is 7.05 Å². The number of hydrogen-bond donors (Lipinski definition) is 0. The largest absolute Gasteiger partial charge is 1.00 e. The van der Waals surface area contributed by atoms with E-state index in [1.54, 1.807) is 0 Å². The highest BCUT2D eigenvalue weighted by Crippen LogP contribution is 2.13. The van der Waals surface area contributed by atoms with Crippen LogP contribution in [-0.4, -0.2) is 16.6 Å². The summed E-state index contributed by atoms with van der Waals surface area (Å²) in [5.74, 6) is -0.329. The van der Waals surface area contributed by atoms with Gasteiger partial charge in [0.15, 0.2) is 0 Å². The molecule has 0 fully saturated rings. The molecule has 132 valence electrons. The summed E-state index contributed by atoms with van der Waals surface area (Å²) in [5.41, 5.74) is 0. The molecule has 1 aromatic heterocycles. The molecule has 1 aromatic rings. The Balaban J connectivity index is 0.00000484. The van der Waals surface area contributed by atoms with E-state index in [0.29, 0.717) is 6.54 Å². The maximum absolute atomic E-state index is 11.5. The second-order valence-electron chi connectivity index (χ2n) is 5.95. The average Bonchev–Trinajstić information content (AvgIpc) is 2.91. The Hall–Kier alpha value is -1.10. The molecule has 5 heteroatoms. The highest BCUT2D eigenvalue weighted by Gasteiger charge is 2.16. The van der Waals surface area contributed by atoms with Crippen LogP contribution >= 0.6 is 0 Å². The summed E-state index contributed by atoms with van der Waals surface area (Å²) in [6.45, 7) is 6.42. The molecule has 0 radical (unpaired) electrons. The second kappa shape index (κ2) is 13.3. The highest BCUT2D eigenvalue weighted by atomic mass is 79.9. The van der Waals surface area contributed by atoms with Crippen molar-refractivity contribution in [3.8, 4) is 0 Å². The quantitative estimate of drug-likeness (QED) is 0.227. The highest BCUT2D eigenvalue weighted by molar-refractivity contribution is 5.81. The SMILES string of the molecule is C=CC(=O)OC(CCCCCCCCC)Cn1cc[n+](C)c1.[Br-]. The van der Waals surface area contributed by atoms with Gasteiger partial charge in [-0.15, -0.1) is 0 Å². The fourth-order valence-electron chi connectivity index (χ4n) is 2.57. The standard InChI is InChI=1S/C18H31N2O2.BrH/c1-4-6-7-8-9-10-11-12-17(22-18(21)5-2)15-20-14-13-19(3)16-20;/h5,13-14,16-17H,2,4,6-12,15H2,1,3H3;1H/q+1;/p-1. The Morgan fingerprint density at radius 2 is 1.91 bits per heavy atom. The van der Waals surface area contributed by atoms with Crippen LogP contribution in [0.4, 0.5) is 0 Å². The van der Waals surface area contributed by atoms with E-state index < -0.39 is 0 Å². The molecule has 1 unspecified atom stereocenters. The number of unbranched alkanes of at least 4 members (excludes halogenated alkanes) is 6. The van der Waals surface area contributed by atoms with Gasteiger partial charge in [-0.3, -0.25) is 0 Å². The first-order valence-corrected chi connectivity index (χ1v) is 8.49. The molecule has 0 aliphatic carbocycles.